The van der Waals surface area contributed by atoms with Crippen LogP contribution in [0.2, 0.25) is 5.02 Å². The summed E-state index contributed by atoms with van der Waals surface area (Å²) < 4.78 is 5.18. The number of hydrogen-bond acceptors (Lipinski definition) is 2. The smallest absolute Gasteiger partial charge is 0.255 e. The van der Waals surface area contributed by atoms with E-state index >= 15 is 0 Å². The Kier molecular flexibility index (Phi) is 5.65. The van der Waals surface area contributed by atoms with E-state index in [9.17, 15) is 4.79 Å². The van der Waals surface area contributed by atoms with E-state index in [0.29, 0.717) is 22.9 Å². The summed E-state index contributed by atoms with van der Waals surface area (Å²) >= 11 is 9.46. The highest BCUT2D eigenvalue weighted by Crippen LogP contribution is 2.24. The number of amides is 1. The van der Waals surface area contributed by atoms with Crippen LogP contribution < -0.4 is 10.1 Å². The molecular weight excluding hydrogens is 354 g/mol. The van der Waals surface area contributed by atoms with E-state index in [1.165, 1.54) is 7.11 Å². The van der Waals surface area contributed by atoms with Gasteiger partial charge in [-0.15, -0.1) is 0 Å². The Balaban J connectivity index is 2.02. The molecule has 0 heterocycles. The van der Waals surface area contributed by atoms with Crippen LogP contribution in [0.5, 0.6) is 5.75 Å². The highest BCUT2D eigenvalue weighted by Gasteiger charge is 2.14. The number of hydrogen-bond donors (Lipinski definition) is 1. The number of ether oxygens (including phenoxy) is 1. The van der Waals surface area contributed by atoms with Crippen molar-refractivity contribution in [2.45, 2.75) is 4.83 Å². The Hall–Kier alpha value is -1.52. The molecule has 1 atom stereocenters. The monoisotopic (exact) mass is 367 g/mol. The van der Waals surface area contributed by atoms with Crippen molar-refractivity contribution < 1.29 is 9.53 Å². The molecule has 0 aliphatic carbocycles. The summed E-state index contributed by atoms with van der Waals surface area (Å²) in [5.41, 5.74) is 1.58. The van der Waals surface area contributed by atoms with Gasteiger partial charge in [0.1, 0.15) is 5.75 Å². The third-order valence-corrected chi connectivity index (χ3v) is 4.10. The van der Waals surface area contributed by atoms with Crippen LogP contribution in [0.15, 0.2) is 48.5 Å². The van der Waals surface area contributed by atoms with Gasteiger partial charge in [0.25, 0.3) is 5.91 Å². The van der Waals surface area contributed by atoms with Crippen molar-refractivity contribution in [3.05, 3.63) is 64.7 Å². The Morgan fingerprint density at radius 2 is 2.00 bits per heavy atom. The molecule has 110 valence electrons. The molecule has 2 aromatic rings. The number of alkyl halides is 1. The van der Waals surface area contributed by atoms with Crippen molar-refractivity contribution in [1.82, 2.24) is 5.32 Å². The molecule has 0 saturated heterocycles. The van der Waals surface area contributed by atoms with E-state index in [4.69, 9.17) is 16.3 Å². The number of carbonyl (C=O) groups excluding carboxylic acids is 1. The molecule has 2 aromatic carbocycles. The largest absolute Gasteiger partial charge is 0.496 e. The van der Waals surface area contributed by atoms with Gasteiger partial charge in [-0.05, 0) is 23.8 Å². The zero-order valence-corrected chi connectivity index (χ0v) is 13.8. The van der Waals surface area contributed by atoms with Crippen LogP contribution in [0, 0.1) is 0 Å². The van der Waals surface area contributed by atoms with Crippen molar-refractivity contribution in [2.24, 2.45) is 0 Å². The van der Waals surface area contributed by atoms with Crippen molar-refractivity contribution in [3.63, 3.8) is 0 Å². The number of halogens is 2. The lowest BCUT2D eigenvalue weighted by Crippen LogP contribution is -2.27. The van der Waals surface area contributed by atoms with E-state index in [-0.39, 0.29) is 10.7 Å². The zero-order chi connectivity index (χ0) is 15.2. The highest BCUT2D eigenvalue weighted by molar-refractivity contribution is 9.09. The molecule has 21 heavy (non-hydrogen) atoms. The van der Waals surface area contributed by atoms with Gasteiger partial charge >= 0.3 is 0 Å². The topological polar surface area (TPSA) is 38.3 Å². The number of methoxy groups -OCH3 is 1. The minimum Gasteiger partial charge on any atom is -0.496 e. The van der Waals surface area contributed by atoms with E-state index in [1.807, 2.05) is 30.3 Å². The maximum Gasteiger partial charge on any atom is 0.255 e. The van der Waals surface area contributed by atoms with Gasteiger partial charge in [0, 0.05) is 11.6 Å². The van der Waals surface area contributed by atoms with Gasteiger partial charge < -0.3 is 10.1 Å². The first-order valence-corrected chi connectivity index (χ1v) is 7.72. The third-order valence-electron chi connectivity index (χ3n) is 3.01. The molecule has 0 aromatic heterocycles. The zero-order valence-electron chi connectivity index (χ0n) is 11.5. The van der Waals surface area contributed by atoms with E-state index in [0.717, 1.165) is 5.56 Å². The van der Waals surface area contributed by atoms with Crippen LogP contribution in [-0.2, 0) is 0 Å². The van der Waals surface area contributed by atoms with Crippen molar-refractivity contribution in [3.8, 4) is 5.75 Å². The number of rotatable bonds is 5. The molecule has 0 saturated carbocycles. The first-order chi connectivity index (χ1) is 10.1. The molecule has 0 aliphatic rings. The first-order valence-electron chi connectivity index (χ1n) is 6.42. The number of nitrogens with one attached hydrogen (secondary N) is 1. The van der Waals surface area contributed by atoms with Gasteiger partial charge in [0.2, 0.25) is 0 Å². The van der Waals surface area contributed by atoms with Crippen molar-refractivity contribution in [2.75, 3.05) is 13.7 Å². The van der Waals surface area contributed by atoms with E-state index < -0.39 is 0 Å². The lowest BCUT2D eigenvalue weighted by molar-refractivity contribution is 0.0951. The Morgan fingerprint density at radius 3 is 2.67 bits per heavy atom. The SMILES string of the molecule is COc1cc(Cl)ccc1C(=O)NCC(Br)c1ccccc1. The summed E-state index contributed by atoms with van der Waals surface area (Å²) in [5.74, 6) is 0.273. The predicted molar refractivity (Wildman–Crippen MR) is 88.4 cm³/mol. The highest BCUT2D eigenvalue weighted by atomic mass is 79.9. The summed E-state index contributed by atoms with van der Waals surface area (Å²) in [5, 5.41) is 3.42. The molecule has 2 rings (SSSR count). The number of carbonyl (C=O) groups is 1. The fraction of sp³-hybridized carbons (Fsp3) is 0.188. The standard InChI is InChI=1S/C16H15BrClNO2/c1-21-15-9-12(18)7-8-13(15)16(20)19-10-14(17)11-5-3-2-4-6-11/h2-9,14H,10H2,1H3,(H,19,20). The molecule has 5 heteroatoms. The van der Waals surface area contributed by atoms with Crippen LogP contribution in [0.4, 0.5) is 0 Å². The Morgan fingerprint density at radius 1 is 1.29 bits per heavy atom. The average Bonchev–Trinajstić information content (AvgIpc) is 2.52. The second kappa shape index (κ2) is 7.48. The fourth-order valence-electron chi connectivity index (χ4n) is 1.91. The van der Waals surface area contributed by atoms with Crippen LogP contribution in [0.3, 0.4) is 0 Å². The minimum absolute atomic E-state index is 0.0564. The second-order valence-electron chi connectivity index (χ2n) is 4.43. The average molecular weight is 369 g/mol. The molecular formula is C16H15BrClNO2. The fourth-order valence-corrected chi connectivity index (χ4v) is 2.54. The van der Waals surface area contributed by atoms with Gasteiger partial charge in [-0.3, -0.25) is 4.79 Å². The summed E-state index contributed by atoms with van der Waals surface area (Å²) in [6.45, 7) is 0.481. The Labute approximate surface area is 137 Å². The summed E-state index contributed by atoms with van der Waals surface area (Å²) in [4.78, 5) is 12.3. The van der Waals surface area contributed by atoms with Crippen LogP contribution >= 0.6 is 27.5 Å². The minimum atomic E-state index is -0.191. The lowest BCUT2D eigenvalue weighted by Gasteiger charge is -2.13. The Bertz CT molecular complexity index is 619. The summed E-state index contributed by atoms with van der Waals surface area (Å²) in [6, 6.07) is 14.9. The number of benzene rings is 2. The molecule has 1 unspecified atom stereocenters. The summed E-state index contributed by atoms with van der Waals surface area (Å²) in [6.07, 6.45) is 0. The van der Waals surface area contributed by atoms with Gasteiger partial charge in [-0.1, -0.05) is 57.9 Å². The van der Waals surface area contributed by atoms with Gasteiger partial charge in [-0.25, -0.2) is 0 Å². The molecule has 3 nitrogen and oxygen atoms in total. The second-order valence-corrected chi connectivity index (χ2v) is 5.97. The predicted octanol–water partition coefficient (Wildman–Crippen LogP) is 4.21. The molecule has 0 fully saturated rings. The molecule has 0 bridgehead atoms. The maximum absolute atomic E-state index is 12.2. The quantitative estimate of drug-likeness (QED) is 0.803. The van der Waals surface area contributed by atoms with Gasteiger partial charge in [-0.2, -0.15) is 0 Å². The van der Waals surface area contributed by atoms with Gasteiger partial charge in [0.05, 0.1) is 17.5 Å². The molecule has 1 amide bonds. The third kappa shape index (κ3) is 4.22. The van der Waals surface area contributed by atoms with E-state index in [2.05, 4.69) is 21.2 Å². The van der Waals surface area contributed by atoms with Crippen molar-refractivity contribution >= 4 is 33.4 Å². The first kappa shape index (κ1) is 15.9. The summed E-state index contributed by atoms with van der Waals surface area (Å²) in [7, 11) is 1.51. The molecule has 0 radical (unpaired) electrons. The molecule has 0 aliphatic heterocycles. The van der Waals surface area contributed by atoms with Gasteiger partial charge in [0.15, 0.2) is 0 Å². The maximum atomic E-state index is 12.2. The van der Waals surface area contributed by atoms with Crippen LogP contribution in [0.1, 0.15) is 20.7 Å². The molecule has 1 N–H and O–H groups in total. The van der Waals surface area contributed by atoms with Crippen molar-refractivity contribution in [1.29, 1.82) is 0 Å². The normalized spacial score (nSPS) is 11.8. The van der Waals surface area contributed by atoms with Crippen LogP contribution in [-0.4, -0.2) is 19.6 Å². The lowest BCUT2D eigenvalue weighted by atomic mass is 10.1. The van der Waals surface area contributed by atoms with Crippen LogP contribution in [0.25, 0.3) is 0 Å². The van der Waals surface area contributed by atoms with E-state index in [1.54, 1.807) is 18.2 Å². The molecule has 0 spiro atoms.